The largest absolute Gasteiger partial charge is 0.497 e. The smallest absolute Gasteiger partial charge is 0.323 e. The lowest BCUT2D eigenvalue weighted by atomic mass is 9.88. The lowest BCUT2D eigenvalue weighted by Crippen LogP contribution is -2.52. The van der Waals surface area contributed by atoms with Crippen LogP contribution >= 0.6 is 0 Å². The number of carbonyl (C=O) groups excluding carboxylic acids is 1. The van der Waals surface area contributed by atoms with Crippen molar-refractivity contribution in [2.45, 2.75) is 32.9 Å². The number of anilines is 1. The molecule has 232 valence electrons. The van der Waals surface area contributed by atoms with Gasteiger partial charge >= 0.3 is 5.97 Å². The Morgan fingerprint density at radius 3 is 2.49 bits per heavy atom. The van der Waals surface area contributed by atoms with Crippen molar-refractivity contribution in [1.82, 2.24) is 14.3 Å². The number of amides is 1. The van der Waals surface area contributed by atoms with Crippen LogP contribution in [0.2, 0.25) is 0 Å². The summed E-state index contributed by atoms with van der Waals surface area (Å²) in [5.41, 5.74) is 5.13. The summed E-state index contributed by atoms with van der Waals surface area (Å²) in [6, 6.07) is 19.4. The second kappa shape index (κ2) is 12.2. The first kappa shape index (κ1) is 31.0. The molecular formula is C33H32FN5O6. The number of carbonyl (C=O) groups is 2. The van der Waals surface area contributed by atoms with Gasteiger partial charge in [-0.25, -0.2) is 9.07 Å². The number of carboxylic acids is 1. The second-order valence-electron chi connectivity index (χ2n) is 10.9. The molecule has 4 N–H and O–H groups in total. The van der Waals surface area contributed by atoms with Crippen molar-refractivity contribution in [3.05, 3.63) is 106 Å². The highest BCUT2D eigenvalue weighted by molar-refractivity contribution is 6.05. The summed E-state index contributed by atoms with van der Waals surface area (Å²) in [5.74, 6) is -2.42. The maximum atomic E-state index is 15.2. The fourth-order valence-corrected chi connectivity index (χ4v) is 4.91. The number of halogens is 1. The Labute approximate surface area is 257 Å². The molecule has 0 radical (unpaired) electrons. The Kier molecular flexibility index (Phi) is 8.42. The summed E-state index contributed by atoms with van der Waals surface area (Å²) in [5, 5.41) is 12.9. The van der Waals surface area contributed by atoms with Gasteiger partial charge in [0, 0.05) is 41.9 Å². The number of nitrogens with two attached hydrogens (primary N) is 1. The first-order valence-corrected chi connectivity index (χ1v) is 14.0. The van der Waals surface area contributed by atoms with Gasteiger partial charge in [-0.2, -0.15) is 0 Å². The lowest BCUT2D eigenvalue weighted by Gasteiger charge is -2.28. The number of hydrogen-bond donors (Lipinski definition) is 3. The topological polar surface area (TPSA) is 151 Å². The summed E-state index contributed by atoms with van der Waals surface area (Å²) >= 11 is 0. The summed E-state index contributed by atoms with van der Waals surface area (Å²) < 4.78 is 29.2. The van der Waals surface area contributed by atoms with E-state index < -0.39 is 34.7 Å². The second-order valence-corrected chi connectivity index (χ2v) is 10.9. The number of ether oxygens (including phenoxy) is 2. The monoisotopic (exact) mass is 613 g/mol. The fraction of sp³-hybridized carbons (Fsp3) is 0.212. The molecule has 2 aromatic heterocycles. The summed E-state index contributed by atoms with van der Waals surface area (Å²) in [6.07, 6.45) is 1.54. The molecule has 5 aromatic rings. The summed E-state index contributed by atoms with van der Waals surface area (Å²) in [7, 11) is 1.55. The molecule has 0 saturated heterocycles. The van der Waals surface area contributed by atoms with Crippen LogP contribution < -0.4 is 26.1 Å². The Balaban J connectivity index is 1.44. The number of carboxylic acid groups (broad SMARTS) is 1. The van der Waals surface area contributed by atoms with Gasteiger partial charge in [-0.1, -0.05) is 25.1 Å². The highest BCUT2D eigenvalue weighted by atomic mass is 19.1. The van der Waals surface area contributed by atoms with Crippen molar-refractivity contribution in [2.24, 2.45) is 11.7 Å². The molecule has 5 rings (SSSR count). The predicted octanol–water partition coefficient (Wildman–Crippen LogP) is 5.13. The zero-order valence-corrected chi connectivity index (χ0v) is 25.1. The van der Waals surface area contributed by atoms with E-state index in [0.717, 1.165) is 6.07 Å². The summed E-state index contributed by atoms with van der Waals surface area (Å²) in [6.45, 7) is 4.67. The van der Waals surface area contributed by atoms with E-state index in [-0.39, 0.29) is 29.2 Å². The highest BCUT2D eigenvalue weighted by Crippen LogP contribution is 2.33. The van der Waals surface area contributed by atoms with E-state index in [1.54, 1.807) is 75.6 Å². The van der Waals surface area contributed by atoms with Gasteiger partial charge in [-0.3, -0.25) is 24.0 Å². The number of para-hydroxylation sites is 1. The Bertz CT molecular complexity index is 1970. The van der Waals surface area contributed by atoms with Gasteiger partial charge in [0.15, 0.2) is 11.6 Å². The molecule has 2 atom stereocenters. The average Bonchev–Trinajstić information content (AvgIpc) is 3.26. The minimum atomic E-state index is -1.60. The molecule has 2 heterocycles. The number of fused-ring (bicyclic) bond motifs is 1. The van der Waals surface area contributed by atoms with Gasteiger partial charge in [0.05, 0.1) is 24.0 Å². The molecule has 0 saturated carbocycles. The molecule has 0 aliphatic heterocycles. The van der Waals surface area contributed by atoms with E-state index >= 15 is 4.39 Å². The molecule has 0 bridgehead atoms. The van der Waals surface area contributed by atoms with Crippen LogP contribution in [-0.4, -0.2) is 44.0 Å². The van der Waals surface area contributed by atoms with Crippen molar-refractivity contribution in [3.8, 4) is 22.9 Å². The van der Waals surface area contributed by atoms with Gasteiger partial charge in [0.1, 0.15) is 22.6 Å². The predicted molar refractivity (Wildman–Crippen MR) is 167 cm³/mol. The Morgan fingerprint density at radius 1 is 1.09 bits per heavy atom. The van der Waals surface area contributed by atoms with E-state index in [2.05, 4.69) is 10.3 Å². The number of aromatic nitrogens is 3. The van der Waals surface area contributed by atoms with Gasteiger partial charge in [-0.05, 0) is 56.3 Å². The van der Waals surface area contributed by atoms with Gasteiger partial charge in [0.2, 0.25) is 0 Å². The van der Waals surface area contributed by atoms with Crippen molar-refractivity contribution in [2.75, 3.05) is 12.4 Å². The number of pyridine rings is 1. The molecule has 0 aliphatic rings. The molecule has 0 spiro atoms. The third-order valence-electron chi connectivity index (χ3n) is 7.88. The first-order chi connectivity index (χ1) is 21.4. The Morgan fingerprint density at radius 2 is 1.82 bits per heavy atom. The van der Waals surface area contributed by atoms with Crippen LogP contribution in [0.15, 0.2) is 83.8 Å². The van der Waals surface area contributed by atoms with Crippen molar-refractivity contribution in [3.63, 3.8) is 0 Å². The van der Waals surface area contributed by atoms with E-state index in [1.807, 2.05) is 0 Å². The standard InChI is InChI=1S/C33H32FN5O6/c1-19(33(3,35)32(42)43)18-38-20(2)29(31(41)39(38)22-8-6-5-7-9-22)30(40)37-21-10-13-28(25(34)16-21)45-27-14-15-36-26-17-23(44-4)11-12-24(26)27/h5-17,19H,18,35H2,1-4H3,(H,37,40)(H,42,43)/t19-,33+/m1/s1. The number of rotatable bonds is 10. The quantitative estimate of drug-likeness (QED) is 0.196. The van der Waals surface area contributed by atoms with Crippen LogP contribution in [-0.2, 0) is 11.3 Å². The van der Waals surface area contributed by atoms with Gasteiger partial charge in [-0.15, -0.1) is 0 Å². The molecule has 0 fully saturated rings. The minimum absolute atomic E-state index is 0.0275. The zero-order valence-electron chi connectivity index (χ0n) is 25.1. The van der Waals surface area contributed by atoms with Crippen LogP contribution in [0.3, 0.4) is 0 Å². The number of nitrogens with one attached hydrogen (secondary N) is 1. The van der Waals surface area contributed by atoms with E-state index in [0.29, 0.717) is 28.1 Å². The number of aliphatic carboxylic acids is 1. The summed E-state index contributed by atoms with van der Waals surface area (Å²) in [4.78, 5) is 43.3. The SMILES string of the molecule is COc1ccc2c(Oc3ccc(NC(=O)c4c(C)n(C[C@@H](C)[C@](C)(N)C(=O)O)n(-c5ccccc5)c4=O)cc3F)ccnc2c1. The number of nitrogens with zero attached hydrogens (tertiary/aromatic N) is 3. The molecule has 11 nitrogen and oxygen atoms in total. The molecule has 0 aliphatic carbocycles. The van der Waals surface area contributed by atoms with Gasteiger partial charge < -0.3 is 25.6 Å². The normalized spacial score (nSPS) is 13.2. The number of hydrogen-bond acceptors (Lipinski definition) is 7. The molecule has 12 heteroatoms. The van der Waals surface area contributed by atoms with E-state index in [1.165, 1.54) is 34.6 Å². The average molecular weight is 614 g/mol. The number of benzene rings is 3. The van der Waals surface area contributed by atoms with Crippen molar-refractivity contribution in [1.29, 1.82) is 0 Å². The van der Waals surface area contributed by atoms with Crippen LogP contribution in [0, 0.1) is 18.7 Å². The lowest BCUT2D eigenvalue weighted by molar-refractivity contribution is -0.144. The highest BCUT2D eigenvalue weighted by Gasteiger charge is 2.36. The molecule has 1 amide bonds. The fourth-order valence-electron chi connectivity index (χ4n) is 4.91. The van der Waals surface area contributed by atoms with E-state index in [9.17, 15) is 19.5 Å². The van der Waals surface area contributed by atoms with Crippen molar-refractivity contribution >= 4 is 28.5 Å². The first-order valence-electron chi connectivity index (χ1n) is 14.0. The maximum Gasteiger partial charge on any atom is 0.323 e. The number of methoxy groups -OCH3 is 1. The molecule has 0 unspecified atom stereocenters. The third kappa shape index (κ3) is 6.00. The molecule has 3 aromatic carbocycles. The minimum Gasteiger partial charge on any atom is -0.497 e. The third-order valence-corrected chi connectivity index (χ3v) is 7.88. The van der Waals surface area contributed by atoms with Crippen LogP contribution in [0.1, 0.15) is 29.9 Å². The molecular weight excluding hydrogens is 581 g/mol. The van der Waals surface area contributed by atoms with E-state index in [4.69, 9.17) is 15.2 Å². The van der Waals surface area contributed by atoms with Crippen molar-refractivity contribution < 1.29 is 28.6 Å². The zero-order chi connectivity index (χ0) is 32.5. The Hall–Kier alpha value is -5.49. The maximum absolute atomic E-state index is 15.2. The van der Waals surface area contributed by atoms with Gasteiger partial charge in [0.25, 0.3) is 11.5 Å². The van der Waals surface area contributed by atoms with Crippen LogP contribution in [0.5, 0.6) is 17.2 Å². The van der Waals surface area contributed by atoms with Crippen LogP contribution in [0.4, 0.5) is 10.1 Å². The van der Waals surface area contributed by atoms with Crippen LogP contribution in [0.25, 0.3) is 16.6 Å². The molecule has 45 heavy (non-hydrogen) atoms.